The number of nitro groups is 1. The Bertz CT molecular complexity index is 570. The zero-order valence-corrected chi connectivity index (χ0v) is 11.8. The minimum atomic E-state index is -4.58. The standard InChI is InChI=1S/C13H12F3NO3S/c1-9(18)21-7-3-2-4-10-8-11(17(19)20)5-6-12(10)13(14,15)16/h2,4-6,8H,3,7H2,1H3. The lowest BCUT2D eigenvalue weighted by molar-refractivity contribution is -0.384. The molecule has 0 saturated carbocycles. The number of alkyl halides is 3. The fourth-order valence-corrected chi connectivity index (χ4v) is 2.08. The van der Waals surface area contributed by atoms with E-state index in [4.69, 9.17) is 0 Å². The van der Waals surface area contributed by atoms with Crippen LogP contribution in [-0.2, 0) is 11.0 Å². The van der Waals surface area contributed by atoms with E-state index in [0.29, 0.717) is 18.2 Å². The number of non-ortho nitro benzene ring substituents is 1. The van der Waals surface area contributed by atoms with Crippen molar-refractivity contribution in [3.63, 3.8) is 0 Å². The van der Waals surface area contributed by atoms with Crippen LogP contribution in [0.25, 0.3) is 6.08 Å². The van der Waals surface area contributed by atoms with Crippen molar-refractivity contribution in [2.45, 2.75) is 19.5 Å². The van der Waals surface area contributed by atoms with E-state index >= 15 is 0 Å². The maximum atomic E-state index is 12.8. The zero-order valence-electron chi connectivity index (χ0n) is 11.0. The van der Waals surface area contributed by atoms with Crippen molar-refractivity contribution < 1.29 is 22.9 Å². The van der Waals surface area contributed by atoms with E-state index in [-0.39, 0.29) is 10.7 Å². The van der Waals surface area contributed by atoms with E-state index < -0.39 is 22.4 Å². The van der Waals surface area contributed by atoms with Crippen molar-refractivity contribution in [3.05, 3.63) is 45.5 Å². The normalized spacial score (nSPS) is 11.8. The summed E-state index contributed by atoms with van der Waals surface area (Å²) in [5.41, 5.74) is -1.59. The highest BCUT2D eigenvalue weighted by atomic mass is 32.2. The maximum Gasteiger partial charge on any atom is 0.416 e. The Morgan fingerprint density at radius 3 is 2.62 bits per heavy atom. The minimum absolute atomic E-state index is 0.0743. The number of allylic oxidation sites excluding steroid dienone is 1. The first-order chi connectivity index (χ1) is 9.71. The monoisotopic (exact) mass is 319 g/mol. The summed E-state index contributed by atoms with van der Waals surface area (Å²) in [5, 5.41) is 10.6. The highest BCUT2D eigenvalue weighted by molar-refractivity contribution is 8.13. The van der Waals surface area contributed by atoms with Gasteiger partial charge >= 0.3 is 6.18 Å². The molecular weight excluding hydrogens is 307 g/mol. The number of carbonyl (C=O) groups excluding carboxylic acids is 1. The van der Waals surface area contributed by atoms with Crippen LogP contribution in [0.2, 0.25) is 0 Å². The van der Waals surface area contributed by atoms with Crippen LogP contribution in [0, 0.1) is 10.1 Å². The number of nitrogens with zero attached hydrogens (tertiary/aromatic N) is 1. The summed E-state index contributed by atoms with van der Waals surface area (Å²) in [7, 11) is 0. The summed E-state index contributed by atoms with van der Waals surface area (Å²) in [5.74, 6) is 0.447. The molecule has 0 aliphatic heterocycles. The molecule has 0 bridgehead atoms. The first-order valence-corrected chi connectivity index (χ1v) is 6.86. The molecule has 114 valence electrons. The Balaban J connectivity index is 2.96. The summed E-state index contributed by atoms with van der Waals surface area (Å²) >= 11 is 1.06. The Labute approximate surface area is 123 Å². The smallest absolute Gasteiger partial charge is 0.288 e. The molecule has 0 aliphatic carbocycles. The van der Waals surface area contributed by atoms with Gasteiger partial charge in [0.25, 0.3) is 5.69 Å². The minimum Gasteiger partial charge on any atom is -0.288 e. The average Bonchev–Trinajstić information content (AvgIpc) is 2.36. The molecular formula is C13H12F3NO3S. The van der Waals surface area contributed by atoms with Crippen molar-refractivity contribution in [3.8, 4) is 0 Å². The van der Waals surface area contributed by atoms with Crippen molar-refractivity contribution in [1.29, 1.82) is 0 Å². The lowest BCUT2D eigenvalue weighted by Gasteiger charge is -2.09. The lowest BCUT2D eigenvalue weighted by atomic mass is 10.1. The Morgan fingerprint density at radius 2 is 2.10 bits per heavy atom. The van der Waals surface area contributed by atoms with Gasteiger partial charge in [0.2, 0.25) is 0 Å². The third kappa shape index (κ3) is 5.58. The van der Waals surface area contributed by atoms with Crippen molar-refractivity contribution >= 4 is 28.6 Å². The molecule has 0 fully saturated rings. The molecule has 1 rings (SSSR count). The van der Waals surface area contributed by atoms with E-state index in [1.54, 1.807) is 0 Å². The zero-order chi connectivity index (χ0) is 16.0. The Hall–Kier alpha value is -1.83. The number of halogens is 3. The SMILES string of the molecule is CC(=O)SCCC=Cc1cc([N+](=O)[O-])ccc1C(F)(F)F. The fourth-order valence-electron chi connectivity index (χ4n) is 1.54. The van der Waals surface area contributed by atoms with Crippen LogP contribution in [-0.4, -0.2) is 15.8 Å². The fraction of sp³-hybridized carbons (Fsp3) is 0.308. The number of thioether (sulfide) groups is 1. The van der Waals surface area contributed by atoms with E-state index in [1.807, 2.05) is 0 Å². The molecule has 1 aromatic rings. The van der Waals surface area contributed by atoms with Gasteiger partial charge in [-0.05, 0) is 18.1 Å². The van der Waals surface area contributed by atoms with Gasteiger partial charge < -0.3 is 0 Å². The molecule has 0 aromatic heterocycles. The van der Waals surface area contributed by atoms with Crippen LogP contribution in [0.3, 0.4) is 0 Å². The van der Waals surface area contributed by atoms with E-state index in [0.717, 1.165) is 23.9 Å². The predicted molar refractivity (Wildman–Crippen MR) is 74.9 cm³/mol. The summed E-state index contributed by atoms with van der Waals surface area (Å²) in [6, 6.07) is 2.41. The Kier molecular flexibility index (Phi) is 5.95. The molecule has 0 spiro atoms. The summed E-state index contributed by atoms with van der Waals surface area (Å²) < 4.78 is 38.4. The number of benzene rings is 1. The van der Waals surface area contributed by atoms with Crippen molar-refractivity contribution in [2.24, 2.45) is 0 Å². The van der Waals surface area contributed by atoms with Crippen LogP contribution < -0.4 is 0 Å². The number of nitro benzene ring substituents is 1. The van der Waals surface area contributed by atoms with E-state index in [2.05, 4.69) is 0 Å². The van der Waals surface area contributed by atoms with Gasteiger partial charge in [-0.15, -0.1) is 0 Å². The van der Waals surface area contributed by atoms with Crippen LogP contribution >= 0.6 is 11.8 Å². The van der Waals surface area contributed by atoms with E-state index in [9.17, 15) is 28.1 Å². The largest absolute Gasteiger partial charge is 0.416 e. The van der Waals surface area contributed by atoms with Crippen LogP contribution in [0.1, 0.15) is 24.5 Å². The average molecular weight is 319 g/mol. The molecule has 8 heteroatoms. The number of rotatable bonds is 5. The molecule has 21 heavy (non-hydrogen) atoms. The summed E-state index contributed by atoms with van der Waals surface area (Å²) in [4.78, 5) is 20.6. The molecule has 0 heterocycles. The summed E-state index contributed by atoms with van der Waals surface area (Å²) in [6.07, 6.45) is -1.53. The van der Waals surface area contributed by atoms with Crippen molar-refractivity contribution in [2.75, 3.05) is 5.75 Å². The second-order valence-electron chi connectivity index (χ2n) is 4.06. The molecule has 0 unspecified atom stereocenters. The van der Waals surface area contributed by atoms with Crippen molar-refractivity contribution in [1.82, 2.24) is 0 Å². The lowest BCUT2D eigenvalue weighted by Crippen LogP contribution is -2.07. The highest BCUT2D eigenvalue weighted by Gasteiger charge is 2.33. The van der Waals surface area contributed by atoms with Crippen LogP contribution in [0.15, 0.2) is 24.3 Å². The summed E-state index contributed by atoms with van der Waals surface area (Å²) in [6.45, 7) is 1.40. The second-order valence-corrected chi connectivity index (χ2v) is 5.33. The quantitative estimate of drug-likeness (QED) is 0.461. The molecule has 4 nitrogen and oxygen atoms in total. The van der Waals surface area contributed by atoms with Gasteiger partial charge in [-0.25, -0.2) is 0 Å². The van der Waals surface area contributed by atoms with Gasteiger partial charge in [0, 0.05) is 24.8 Å². The van der Waals surface area contributed by atoms with Gasteiger partial charge in [-0.3, -0.25) is 14.9 Å². The molecule has 0 radical (unpaired) electrons. The maximum absolute atomic E-state index is 12.8. The molecule has 0 atom stereocenters. The topological polar surface area (TPSA) is 60.2 Å². The van der Waals surface area contributed by atoms with E-state index in [1.165, 1.54) is 19.1 Å². The van der Waals surface area contributed by atoms with Crippen LogP contribution in [0.4, 0.5) is 18.9 Å². The number of carbonyl (C=O) groups is 1. The van der Waals surface area contributed by atoms with Gasteiger partial charge in [0.05, 0.1) is 10.5 Å². The third-order valence-corrected chi connectivity index (χ3v) is 3.28. The molecule has 0 saturated heterocycles. The van der Waals surface area contributed by atoms with Gasteiger partial charge in [0.15, 0.2) is 5.12 Å². The first-order valence-electron chi connectivity index (χ1n) is 5.87. The molecule has 0 N–H and O–H groups in total. The third-order valence-electron chi connectivity index (χ3n) is 2.44. The first kappa shape index (κ1) is 17.2. The molecule has 0 amide bonds. The highest BCUT2D eigenvalue weighted by Crippen LogP contribution is 2.34. The predicted octanol–water partition coefficient (Wildman–Crippen LogP) is 4.30. The second kappa shape index (κ2) is 7.26. The van der Waals surface area contributed by atoms with Gasteiger partial charge in [0.1, 0.15) is 0 Å². The van der Waals surface area contributed by atoms with Gasteiger partial charge in [-0.1, -0.05) is 23.9 Å². The van der Waals surface area contributed by atoms with Gasteiger partial charge in [-0.2, -0.15) is 13.2 Å². The number of hydrogen-bond acceptors (Lipinski definition) is 4. The molecule has 1 aromatic carbocycles. The van der Waals surface area contributed by atoms with Crippen LogP contribution in [0.5, 0.6) is 0 Å². The molecule has 0 aliphatic rings. The Morgan fingerprint density at radius 1 is 1.43 bits per heavy atom. The number of hydrogen-bond donors (Lipinski definition) is 0.